The minimum atomic E-state index is 0.133. The van der Waals surface area contributed by atoms with Crippen LogP contribution < -0.4 is 0 Å². The average molecular weight is 657 g/mol. The Morgan fingerprint density at radius 1 is 0.529 bits per heavy atom. The maximum atomic E-state index is 8.92. The van der Waals surface area contributed by atoms with Gasteiger partial charge in [-0.2, -0.15) is 4.99 Å². The maximum Gasteiger partial charge on any atom is 0.236 e. The van der Waals surface area contributed by atoms with Crippen LogP contribution in [0.25, 0.3) is 76.8 Å². The fourth-order valence-electron chi connectivity index (χ4n) is 7.23. The number of hydrogen-bond donors (Lipinski definition) is 1. The van der Waals surface area contributed by atoms with Crippen molar-refractivity contribution in [2.45, 2.75) is 0 Å². The highest BCUT2D eigenvalue weighted by Crippen LogP contribution is 2.39. The van der Waals surface area contributed by atoms with E-state index in [0.29, 0.717) is 11.5 Å². The first-order valence-electron chi connectivity index (χ1n) is 16.8. The van der Waals surface area contributed by atoms with Gasteiger partial charge in [0.05, 0.1) is 11.0 Å². The number of aliphatic imine (C=N–C) groups is 2. The van der Waals surface area contributed by atoms with Crippen molar-refractivity contribution < 1.29 is 8.83 Å². The lowest BCUT2D eigenvalue weighted by molar-refractivity contribution is 0.669. The predicted molar refractivity (Wildman–Crippen MR) is 210 cm³/mol. The zero-order valence-electron chi connectivity index (χ0n) is 27.2. The Labute approximate surface area is 291 Å². The Balaban J connectivity index is 1.11. The smallest absolute Gasteiger partial charge is 0.236 e. The molecule has 51 heavy (non-hydrogen) atoms. The summed E-state index contributed by atoms with van der Waals surface area (Å²) in [6.45, 7) is 0. The minimum Gasteiger partial charge on any atom is -0.456 e. The van der Waals surface area contributed by atoms with Gasteiger partial charge in [-0.3, -0.25) is 9.98 Å². The summed E-state index contributed by atoms with van der Waals surface area (Å²) in [7, 11) is 0. The van der Waals surface area contributed by atoms with Crippen LogP contribution in [0.1, 0.15) is 11.1 Å². The van der Waals surface area contributed by atoms with Gasteiger partial charge >= 0.3 is 0 Å². The van der Waals surface area contributed by atoms with Crippen molar-refractivity contribution in [1.29, 1.82) is 5.41 Å². The molecule has 1 N–H and O–H groups in total. The molecular formula is C45H28N4O2. The van der Waals surface area contributed by atoms with Crippen LogP contribution in [0, 0.1) is 5.41 Å². The molecule has 0 saturated heterocycles. The molecule has 10 aromatic rings. The number of hydrogen-bond acceptors (Lipinski definition) is 3. The molecular weight excluding hydrogens is 629 g/mol. The van der Waals surface area contributed by atoms with E-state index < -0.39 is 0 Å². The van der Waals surface area contributed by atoms with E-state index in [2.05, 4.69) is 54.6 Å². The number of aromatic nitrogens is 1. The lowest BCUT2D eigenvalue weighted by Crippen LogP contribution is -2.12. The summed E-state index contributed by atoms with van der Waals surface area (Å²) in [5, 5.41) is 15.3. The van der Waals surface area contributed by atoms with Crippen molar-refractivity contribution in [3.63, 3.8) is 0 Å². The highest BCUT2D eigenvalue weighted by molar-refractivity contribution is 6.18. The first kappa shape index (κ1) is 28.9. The number of rotatable bonds is 3. The number of amidine groups is 1. The molecule has 0 fully saturated rings. The Morgan fingerprint density at radius 2 is 1.14 bits per heavy atom. The van der Waals surface area contributed by atoms with Gasteiger partial charge in [0.1, 0.15) is 22.3 Å². The summed E-state index contributed by atoms with van der Waals surface area (Å²) in [6, 6.07) is 52.8. The fraction of sp³-hybridized carbons (Fsp3) is 0. The molecule has 10 rings (SSSR count). The topological polar surface area (TPSA) is 79.8 Å². The van der Waals surface area contributed by atoms with E-state index >= 15 is 0 Å². The molecule has 0 atom stereocenters. The van der Waals surface area contributed by atoms with E-state index in [-0.39, 0.29) is 5.84 Å². The van der Waals surface area contributed by atoms with E-state index in [1.165, 1.54) is 0 Å². The standard InChI is InChI=1S/C45H28N4O2/c46-44(29-11-2-1-3-12-29)48-45(49-37-17-7-4-13-32(37)33-14-5-8-18-38(33)49)47-27-28-21-23-40-35(25-28)36-26-30(22-24-41(36)50-40)31-16-10-20-42-43(31)34-15-6-9-19-39(34)51-42/h1-27,46H. The average Bonchev–Trinajstić information content (AvgIpc) is 3.86. The zero-order chi connectivity index (χ0) is 33.9. The van der Waals surface area contributed by atoms with Crippen LogP contribution in [-0.4, -0.2) is 22.6 Å². The van der Waals surface area contributed by atoms with Gasteiger partial charge in [0, 0.05) is 44.1 Å². The van der Waals surface area contributed by atoms with E-state index in [0.717, 1.165) is 82.4 Å². The Hall–Kier alpha value is -7.05. The summed E-state index contributed by atoms with van der Waals surface area (Å²) < 4.78 is 14.5. The Bertz CT molecular complexity index is 3000. The quantitative estimate of drug-likeness (QED) is 0.152. The van der Waals surface area contributed by atoms with Crippen LogP contribution in [0.15, 0.2) is 177 Å². The van der Waals surface area contributed by atoms with Crippen molar-refractivity contribution in [3.8, 4) is 11.1 Å². The number of nitrogens with zero attached hydrogens (tertiary/aromatic N) is 3. The van der Waals surface area contributed by atoms with Crippen molar-refractivity contribution in [2.24, 2.45) is 9.98 Å². The number of para-hydroxylation sites is 3. The molecule has 3 aromatic heterocycles. The molecule has 0 saturated carbocycles. The van der Waals surface area contributed by atoms with Crippen LogP contribution in [0.5, 0.6) is 0 Å². The van der Waals surface area contributed by atoms with E-state index in [9.17, 15) is 0 Å². The van der Waals surface area contributed by atoms with Gasteiger partial charge in [-0.15, -0.1) is 0 Å². The Kier molecular flexibility index (Phi) is 6.54. The van der Waals surface area contributed by atoms with Gasteiger partial charge in [0.25, 0.3) is 0 Å². The van der Waals surface area contributed by atoms with Gasteiger partial charge < -0.3 is 8.83 Å². The first-order chi connectivity index (χ1) is 25.2. The number of furan rings is 2. The van der Waals surface area contributed by atoms with Crippen LogP contribution in [0.3, 0.4) is 0 Å². The molecule has 0 radical (unpaired) electrons. The SMILES string of the molecule is N=C(N=C(N=Cc1ccc2oc3ccc(-c4cccc5oc6ccccc6c45)cc3c2c1)n1c2ccccc2c2ccccc21)c1ccccc1. The summed E-state index contributed by atoms with van der Waals surface area (Å²) >= 11 is 0. The summed E-state index contributed by atoms with van der Waals surface area (Å²) in [5.41, 5.74) is 9.10. The van der Waals surface area contributed by atoms with E-state index in [4.69, 9.17) is 24.2 Å². The monoisotopic (exact) mass is 656 g/mol. The number of fused-ring (bicyclic) bond motifs is 9. The largest absolute Gasteiger partial charge is 0.456 e. The lowest BCUT2D eigenvalue weighted by atomic mass is 9.98. The van der Waals surface area contributed by atoms with Crippen LogP contribution >= 0.6 is 0 Å². The third-order valence-corrected chi connectivity index (χ3v) is 9.58. The van der Waals surface area contributed by atoms with Crippen molar-refractivity contribution >= 4 is 83.7 Å². The second kappa shape index (κ2) is 11.5. The van der Waals surface area contributed by atoms with Crippen molar-refractivity contribution in [3.05, 3.63) is 169 Å². The van der Waals surface area contributed by atoms with Gasteiger partial charge in [0.2, 0.25) is 5.96 Å². The van der Waals surface area contributed by atoms with Crippen LogP contribution in [-0.2, 0) is 0 Å². The van der Waals surface area contributed by atoms with Crippen LogP contribution in [0.2, 0.25) is 0 Å². The van der Waals surface area contributed by atoms with Crippen molar-refractivity contribution in [1.82, 2.24) is 4.57 Å². The number of benzene rings is 7. The molecule has 6 heteroatoms. The second-order valence-corrected chi connectivity index (χ2v) is 12.6. The molecule has 6 nitrogen and oxygen atoms in total. The van der Waals surface area contributed by atoms with Gasteiger partial charge in [-0.1, -0.05) is 103 Å². The fourth-order valence-corrected chi connectivity index (χ4v) is 7.23. The molecule has 0 unspecified atom stereocenters. The highest BCUT2D eigenvalue weighted by atomic mass is 16.3. The van der Waals surface area contributed by atoms with Gasteiger partial charge in [0.15, 0.2) is 5.84 Å². The third kappa shape index (κ3) is 4.76. The van der Waals surface area contributed by atoms with Gasteiger partial charge in [-0.05, 0) is 71.3 Å². The van der Waals surface area contributed by atoms with Crippen molar-refractivity contribution in [2.75, 3.05) is 0 Å². The molecule has 3 heterocycles. The molecule has 0 aliphatic carbocycles. The molecule has 7 aromatic carbocycles. The van der Waals surface area contributed by atoms with E-state index in [1.807, 2.05) is 114 Å². The molecule has 0 amide bonds. The maximum absolute atomic E-state index is 8.92. The van der Waals surface area contributed by atoms with E-state index in [1.54, 1.807) is 0 Å². The molecule has 0 aliphatic heterocycles. The van der Waals surface area contributed by atoms with Gasteiger partial charge in [-0.25, -0.2) is 4.99 Å². The first-order valence-corrected chi connectivity index (χ1v) is 16.8. The normalized spacial score (nSPS) is 12.4. The third-order valence-electron chi connectivity index (χ3n) is 9.58. The van der Waals surface area contributed by atoms with Crippen LogP contribution in [0.4, 0.5) is 0 Å². The summed E-state index contributed by atoms with van der Waals surface area (Å²) in [5.74, 6) is 0.537. The Morgan fingerprint density at radius 3 is 1.92 bits per heavy atom. The zero-order valence-corrected chi connectivity index (χ0v) is 27.2. The predicted octanol–water partition coefficient (Wildman–Crippen LogP) is 11.6. The molecule has 0 bridgehead atoms. The minimum absolute atomic E-state index is 0.133. The molecule has 240 valence electrons. The molecule has 0 spiro atoms. The number of nitrogens with one attached hydrogen (secondary N) is 1. The lowest BCUT2D eigenvalue weighted by Gasteiger charge is -2.08. The highest BCUT2D eigenvalue weighted by Gasteiger charge is 2.17. The summed E-state index contributed by atoms with van der Waals surface area (Å²) in [6.07, 6.45) is 1.82. The molecule has 0 aliphatic rings. The second-order valence-electron chi connectivity index (χ2n) is 12.6. The summed E-state index contributed by atoms with van der Waals surface area (Å²) in [4.78, 5) is 9.83.